The second-order valence-electron chi connectivity index (χ2n) is 7.12. The zero-order valence-electron chi connectivity index (χ0n) is 12.2. The fourth-order valence-corrected chi connectivity index (χ4v) is 4.25. The fraction of sp³-hybridized carbons (Fsp3) is 1.00. The Hall–Kier alpha value is -0.120. The molecule has 0 bridgehead atoms. The van der Waals surface area contributed by atoms with Crippen molar-refractivity contribution >= 4 is 0 Å². The maximum Gasteiger partial charge on any atom is 0.0730 e. The molecule has 0 aromatic carbocycles. The topological polar surface area (TPSA) is 38.7 Å². The van der Waals surface area contributed by atoms with Gasteiger partial charge in [0.05, 0.1) is 11.2 Å². The summed E-state index contributed by atoms with van der Waals surface area (Å²) in [6.45, 7) is 4.77. The van der Waals surface area contributed by atoms with Gasteiger partial charge in [-0.2, -0.15) is 0 Å². The first-order chi connectivity index (χ1) is 9.12. The summed E-state index contributed by atoms with van der Waals surface area (Å²) >= 11 is 0. The van der Waals surface area contributed by atoms with Crippen LogP contribution in [0, 0.1) is 11.8 Å². The van der Waals surface area contributed by atoms with Crippen LogP contribution in [-0.4, -0.2) is 36.1 Å². The summed E-state index contributed by atoms with van der Waals surface area (Å²) in [6.07, 6.45) is 8.45. The van der Waals surface area contributed by atoms with Gasteiger partial charge in [-0.3, -0.25) is 0 Å². The minimum absolute atomic E-state index is 0.0138. The first kappa shape index (κ1) is 13.8. The van der Waals surface area contributed by atoms with E-state index in [-0.39, 0.29) is 5.60 Å². The summed E-state index contributed by atoms with van der Waals surface area (Å²) in [5, 5.41) is 11.0. The van der Waals surface area contributed by atoms with Crippen molar-refractivity contribution < 1.29 is 14.6 Å². The molecule has 2 aliphatic heterocycles. The number of hydrogen-bond acceptors (Lipinski definition) is 3. The summed E-state index contributed by atoms with van der Waals surface area (Å²) in [5.41, 5.74) is -0.401. The Bertz CT molecular complexity index is 296. The molecule has 1 atom stereocenters. The van der Waals surface area contributed by atoms with E-state index in [1.165, 1.54) is 12.8 Å². The first-order valence-corrected chi connectivity index (χ1v) is 8.06. The van der Waals surface area contributed by atoms with Crippen molar-refractivity contribution in [1.82, 2.24) is 0 Å². The molecule has 0 radical (unpaired) electrons. The summed E-state index contributed by atoms with van der Waals surface area (Å²) in [6, 6.07) is 0. The lowest BCUT2D eigenvalue weighted by atomic mass is 9.66. The van der Waals surface area contributed by atoms with Crippen LogP contribution >= 0.6 is 0 Å². The predicted molar refractivity (Wildman–Crippen MR) is 74.0 cm³/mol. The summed E-state index contributed by atoms with van der Waals surface area (Å²) in [4.78, 5) is 0. The van der Waals surface area contributed by atoms with Crippen LogP contribution in [0.5, 0.6) is 0 Å². The molecule has 1 spiro atoms. The van der Waals surface area contributed by atoms with E-state index in [0.29, 0.717) is 5.92 Å². The zero-order valence-corrected chi connectivity index (χ0v) is 12.2. The highest BCUT2D eigenvalue weighted by Gasteiger charge is 2.47. The van der Waals surface area contributed by atoms with Crippen LogP contribution in [-0.2, 0) is 9.47 Å². The molecule has 3 nitrogen and oxygen atoms in total. The molecule has 1 saturated carbocycles. The van der Waals surface area contributed by atoms with E-state index in [9.17, 15) is 5.11 Å². The highest BCUT2D eigenvalue weighted by Crippen LogP contribution is 2.46. The molecule has 3 heteroatoms. The lowest BCUT2D eigenvalue weighted by Crippen LogP contribution is -2.51. The van der Waals surface area contributed by atoms with Crippen molar-refractivity contribution in [3.8, 4) is 0 Å². The van der Waals surface area contributed by atoms with E-state index in [0.717, 1.165) is 64.3 Å². The molecule has 3 aliphatic rings. The van der Waals surface area contributed by atoms with Crippen molar-refractivity contribution in [2.75, 3.05) is 19.8 Å². The summed E-state index contributed by atoms with van der Waals surface area (Å²) in [5.74, 6) is 1.23. The monoisotopic (exact) mass is 268 g/mol. The highest BCUT2D eigenvalue weighted by molar-refractivity contribution is 4.98. The Morgan fingerprint density at radius 2 is 1.63 bits per heavy atom. The average Bonchev–Trinajstić information content (AvgIpc) is 2.43. The molecule has 2 saturated heterocycles. The van der Waals surface area contributed by atoms with Gasteiger partial charge in [-0.1, -0.05) is 6.92 Å². The van der Waals surface area contributed by atoms with Gasteiger partial charge in [0.15, 0.2) is 0 Å². The maximum absolute atomic E-state index is 11.0. The maximum atomic E-state index is 11.0. The van der Waals surface area contributed by atoms with Crippen molar-refractivity contribution in [2.24, 2.45) is 11.8 Å². The molecule has 3 fully saturated rings. The molecular formula is C16H28O3. The second-order valence-corrected chi connectivity index (χ2v) is 7.12. The lowest BCUT2D eigenvalue weighted by Gasteiger charge is -2.49. The van der Waals surface area contributed by atoms with Gasteiger partial charge < -0.3 is 14.6 Å². The third kappa shape index (κ3) is 2.84. The van der Waals surface area contributed by atoms with Gasteiger partial charge in [0.2, 0.25) is 0 Å². The van der Waals surface area contributed by atoms with Crippen LogP contribution in [0.1, 0.15) is 58.3 Å². The van der Waals surface area contributed by atoms with Gasteiger partial charge in [0.25, 0.3) is 0 Å². The van der Waals surface area contributed by atoms with Crippen molar-refractivity contribution in [2.45, 2.75) is 69.5 Å². The molecule has 19 heavy (non-hydrogen) atoms. The molecule has 3 rings (SSSR count). The third-order valence-electron chi connectivity index (χ3n) is 5.80. The van der Waals surface area contributed by atoms with E-state index in [1.54, 1.807) is 0 Å². The van der Waals surface area contributed by atoms with Crippen molar-refractivity contribution in [1.29, 1.82) is 0 Å². The van der Waals surface area contributed by atoms with Gasteiger partial charge in [-0.25, -0.2) is 0 Å². The minimum Gasteiger partial charge on any atom is -0.390 e. The van der Waals surface area contributed by atoms with Gasteiger partial charge >= 0.3 is 0 Å². The van der Waals surface area contributed by atoms with Gasteiger partial charge in [0, 0.05) is 19.8 Å². The average molecular weight is 268 g/mol. The van der Waals surface area contributed by atoms with E-state index >= 15 is 0 Å². The lowest BCUT2D eigenvalue weighted by molar-refractivity contribution is -0.181. The largest absolute Gasteiger partial charge is 0.390 e. The third-order valence-corrected chi connectivity index (χ3v) is 5.80. The number of rotatable bonds is 1. The molecular weight excluding hydrogens is 240 g/mol. The van der Waals surface area contributed by atoms with Crippen LogP contribution in [0.4, 0.5) is 0 Å². The number of hydrogen-bond donors (Lipinski definition) is 1. The van der Waals surface area contributed by atoms with E-state index in [2.05, 4.69) is 6.92 Å². The Balaban J connectivity index is 1.67. The Morgan fingerprint density at radius 1 is 0.947 bits per heavy atom. The van der Waals surface area contributed by atoms with Crippen LogP contribution in [0.25, 0.3) is 0 Å². The minimum atomic E-state index is -0.415. The van der Waals surface area contributed by atoms with E-state index < -0.39 is 5.60 Å². The normalized spacial score (nSPS) is 43.3. The zero-order chi connectivity index (χ0) is 13.3. The van der Waals surface area contributed by atoms with Gasteiger partial charge in [0.1, 0.15) is 0 Å². The predicted octanol–water partition coefficient (Wildman–Crippen LogP) is 2.90. The van der Waals surface area contributed by atoms with Crippen molar-refractivity contribution in [3.63, 3.8) is 0 Å². The molecule has 1 unspecified atom stereocenters. The first-order valence-electron chi connectivity index (χ1n) is 8.06. The molecule has 0 amide bonds. The summed E-state index contributed by atoms with van der Waals surface area (Å²) in [7, 11) is 0. The highest BCUT2D eigenvalue weighted by atomic mass is 16.5. The van der Waals surface area contributed by atoms with Crippen LogP contribution in [0.15, 0.2) is 0 Å². The smallest absolute Gasteiger partial charge is 0.0730 e. The quantitative estimate of drug-likeness (QED) is 0.794. The molecule has 1 aliphatic carbocycles. The van der Waals surface area contributed by atoms with Crippen LogP contribution in [0.3, 0.4) is 0 Å². The standard InChI is InChI=1S/C16H28O3/c1-13-2-5-16(17,6-3-13)14-4-9-19-15(12-14)7-10-18-11-8-15/h13-14,17H,2-12H2,1H3. The molecule has 2 heterocycles. The second kappa shape index (κ2) is 5.34. The van der Waals surface area contributed by atoms with Crippen molar-refractivity contribution in [3.05, 3.63) is 0 Å². The molecule has 1 N–H and O–H groups in total. The molecule has 0 aromatic heterocycles. The Labute approximate surface area is 116 Å². The van der Waals surface area contributed by atoms with Gasteiger partial charge in [-0.15, -0.1) is 0 Å². The Kier molecular flexibility index (Phi) is 3.89. The molecule has 0 aromatic rings. The van der Waals surface area contributed by atoms with Gasteiger partial charge in [-0.05, 0) is 63.2 Å². The SMILES string of the molecule is CC1CCC(O)(C2CCOC3(CCOCC3)C2)CC1. The number of ether oxygens (including phenoxy) is 2. The van der Waals surface area contributed by atoms with Crippen LogP contribution in [0.2, 0.25) is 0 Å². The summed E-state index contributed by atoms with van der Waals surface area (Å²) < 4.78 is 11.6. The molecule has 110 valence electrons. The van der Waals surface area contributed by atoms with Crippen LogP contribution < -0.4 is 0 Å². The van der Waals surface area contributed by atoms with E-state index in [1.807, 2.05) is 0 Å². The number of aliphatic hydroxyl groups is 1. The van der Waals surface area contributed by atoms with E-state index in [4.69, 9.17) is 9.47 Å². The Morgan fingerprint density at radius 3 is 2.32 bits per heavy atom. The fourth-order valence-electron chi connectivity index (χ4n) is 4.25.